The van der Waals surface area contributed by atoms with Crippen molar-refractivity contribution in [3.05, 3.63) is 24.3 Å². The molecule has 250 valence electrons. The van der Waals surface area contributed by atoms with Gasteiger partial charge in [-0.05, 0) is 62.6 Å². The average Bonchev–Trinajstić information content (AvgIpc) is 3.07. The van der Waals surface area contributed by atoms with Gasteiger partial charge in [0.1, 0.15) is 30.0 Å². The van der Waals surface area contributed by atoms with E-state index in [1.807, 2.05) is 25.2 Å². The fourth-order valence-electron chi connectivity index (χ4n) is 8.23. The molecule has 0 saturated carbocycles. The smallest absolute Gasteiger partial charge is 0.303 e. The molecular weight excluding hydrogens is 576 g/mol. The lowest BCUT2D eigenvalue weighted by atomic mass is 9.82. The highest BCUT2D eigenvalue weighted by Gasteiger charge is 2.55. The van der Waals surface area contributed by atoms with Crippen molar-refractivity contribution in [2.24, 2.45) is 0 Å². The fraction of sp³-hybridized carbons (Fsp3) is 0.829. The SMILES string of the molecule is CC(=O)O[C@@H]1CC[C@@H](C)O[C@@]1(C)[C@@H](C[C@H]1O[C@H]2C=C[C@H]3OCCC[C@@H]3O[C@@H]2C/C=C\CC1=O)O[Si](C(C)C)(C(C)C)C(C)C. The van der Waals surface area contributed by atoms with Crippen molar-refractivity contribution in [3.63, 3.8) is 0 Å². The second kappa shape index (κ2) is 15.0. The number of rotatable bonds is 9. The fourth-order valence-corrected chi connectivity index (χ4v) is 13.9. The minimum Gasteiger partial charge on any atom is -0.459 e. The van der Waals surface area contributed by atoms with E-state index >= 15 is 0 Å². The predicted octanol–water partition coefficient (Wildman–Crippen LogP) is 7.00. The molecule has 0 unspecified atom stereocenters. The van der Waals surface area contributed by atoms with E-state index in [2.05, 4.69) is 54.5 Å². The molecule has 0 aromatic heterocycles. The average molecular weight is 635 g/mol. The number of ketones is 1. The third-order valence-electron chi connectivity index (χ3n) is 10.4. The number of Topliss-reactive ketones (excluding diaryl/α,β-unsaturated/α-hetero) is 1. The molecule has 0 aliphatic carbocycles. The summed E-state index contributed by atoms with van der Waals surface area (Å²) in [4.78, 5) is 26.3. The largest absolute Gasteiger partial charge is 0.459 e. The van der Waals surface area contributed by atoms with Crippen LogP contribution in [0.25, 0.3) is 0 Å². The van der Waals surface area contributed by atoms with Crippen LogP contribution in [0, 0.1) is 0 Å². The maximum absolute atomic E-state index is 13.9. The highest BCUT2D eigenvalue weighted by molar-refractivity contribution is 6.77. The Hall–Kier alpha value is -1.36. The molecule has 0 aromatic rings. The third-order valence-corrected chi connectivity index (χ3v) is 16.5. The van der Waals surface area contributed by atoms with Crippen LogP contribution in [-0.4, -0.2) is 81.1 Å². The van der Waals surface area contributed by atoms with Crippen LogP contribution in [0.15, 0.2) is 24.3 Å². The van der Waals surface area contributed by atoms with Gasteiger partial charge in [0, 0.05) is 26.4 Å². The van der Waals surface area contributed by atoms with Crippen LogP contribution >= 0.6 is 0 Å². The first-order valence-corrected chi connectivity index (χ1v) is 19.2. The summed E-state index contributed by atoms with van der Waals surface area (Å²) in [7, 11) is -2.47. The maximum Gasteiger partial charge on any atom is 0.303 e. The van der Waals surface area contributed by atoms with E-state index in [-0.39, 0.29) is 42.6 Å². The number of allylic oxidation sites excluding steroid dienone is 1. The van der Waals surface area contributed by atoms with Gasteiger partial charge >= 0.3 is 5.97 Å². The van der Waals surface area contributed by atoms with Crippen molar-refractivity contribution in [2.75, 3.05) is 6.61 Å². The maximum atomic E-state index is 13.9. The second-order valence-electron chi connectivity index (χ2n) is 14.5. The number of fused-ring (bicyclic) bond motifs is 2. The molecule has 4 heterocycles. The minimum atomic E-state index is -2.47. The van der Waals surface area contributed by atoms with E-state index in [1.54, 1.807) is 0 Å². The number of hydrogen-bond donors (Lipinski definition) is 0. The Morgan fingerprint density at radius 2 is 1.66 bits per heavy atom. The summed E-state index contributed by atoms with van der Waals surface area (Å²) < 4.78 is 39.7. The molecule has 4 aliphatic heterocycles. The van der Waals surface area contributed by atoms with Crippen LogP contribution in [0.5, 0.6) is 0 Å². The molecule has 0 radical (unpaired) electrons. The first-order chi connectivity index (χ1) is 20.8. The Bertz CT molecular complexity index is 1020. The number of carbonyl (C=O) groups is 2. The summed E-state index contributed by atoms with van der Waals surface area (Å²) in [5.74, 6) is -0.338. The van der Waals surface area contributed by atoms with Crippen molar-refractivity contribution in [3.8, 4) is 0 Å². The molecule has 0 aromatic carbocycles. The summed E-state index contributed by atoms with van der Waals surface area (Å²) in [6.07, 6.45) is 10.1. The van der Waals surface area contributed by atoms with Gasteiger partial charge < -0.3 is 28.1 Å². The van der Waals surface area contributed by atoms with Gasteiger partial charge in [0.05, 0.1) is 24.4 Å². The number of carbonyl (C=O) groups excluding carboxylic acids is 2. The Kier molecular flexibility index (Phi) is 12.1. The Balaban J connectivity index is 1.74. The molecule has 44 heavy (non-hydrogen) atoms. The molecule has 8 nitrogen and oxygen atoms in total. The molecule has 0 N–H and O–H groups in total. The standard InChI is InChI=1S/C35H58O8Si/c1-22(2)44(23(3)4,24(5)6)43-34(35(9)33(39-26(8)36)19-16-25(7)42-35)21-32-27(37)13-10-11-14-30-31(41-32)18-17-28-29(40-30)15-12-20-38-28/h10-11,17-18,22-25,28-34H,12-16,19-21H2,1-9H3/b11-10-/t25-,28-,29+,30-,31+,32-,33-,34-,35-/m1/s1. The van der Waals surface area contributed by atoms with E-state index in [1.165, 1.54) is 6.92 Å². The van der Waals surface area contributed by atoms with E-state index in [0.29, 0.717) is 35.9 Å². The van der Waals surface area contributed by atoms with Crippen molar-refractivity contribution < 1.29 is 37.7 Å². The van der Waals surface area contributed by atoms with E-state index in [9.17, 15) is 9.59 Å². The van der Waals surface area contributed by atoms with Crippen molar-refractivity contribution in [2.45, 2.75) is 178 Å². The Morgan fingerprint density at radius 1 is 0.977 bits per heavy atom. The van der Waals surface area contributed by atoms with E-state index in [0.717, 1.165) is 25.9 Å². The van der Waals surface area contributed by atoms with Crippen LogP contribution < -0.4 is 0 Å². The quantitative estimate of drug-likeness (QED) is 0.152. The molecule has 0 amide bonds. The van der Waals surface area contributed by atoms with Crippen LogP contribution in [-0.2, 0) is 37.7 Å². The lowest BCUT2D eigenvalue weighted by Crippen LogP contribution is -2.63. The number of esters is 1. The van der Waals surface area contributed by atoms with Gasteiger partial charge in [-0.2, -0.15) is 0 Å². The summed E-state index contributed by atoms with van der Waals surface area (Å²) in [5, 5.41) is 0. The topological polar surface area (TPSA) is 89.5 Å². The van der Waals surface area contributed by atoms with Crippen molar-refractivity contribution in [1.29, 1.82) is 0 Å². The monoisotopic (exact) mass is 634 g/mol. The summed E-state index contributed by atoms with van der Waals surface area (Å²) in [6.45, 7) is 19.8. The lowest BCUT2D eigenvalue weighted by Gasteiger charge is -2.53. The van der Waals surface area contributed by atoms with Crippen molar-refractivity contribution in [1.82, 2.24) is 0 Å². The molecule has 2 saturated heterocycles. The zero-order valence-electron chi connectivity index (χ0n) is 28.6. The number of hydrogen-bond acceptors (Lipinski definition) is 8. The first kappa shape index (κ1) is 35.5. The number of ether oxygens (including phenoxy) is 5. The molecule has 9 atom stereocenters. The second-order valence-corrected chi connectivity index (χ2v) is 19.9. The summed E-state index contributed by atoms with van der Waals surface area (Å²) in [5.41, 5.74) is -0.0238. The van der Waals surface area contributed by atoms with Crippen LogP contribution in [0.2, 0.25) is 16.6 Å². The zero-order chi connectivity index (χ0) is 32.2. The Morgan fingerprint density at radius 3 is 2.32 bits per heavy atom. The molecule has 4 aliphatic rings. The molecule has 2 fully saturated rings. The predicted molar refractivity (Wildman–Crippen MR) is 173 cm³/mol. The highest BCUT2D eigenvalue weighted by Crippen LogP contribution is 2.47. The molecule has 0 spiro atoms. The van der Waals surface area contributed by atoms with E-state index < -0.39 is 38.3 Å². The third kappa shape index (κ3) is 7.77. The molecule has 9 heteroatoms. The van der Waals surface area contributed by atoms with Gasteiger partial charge in [-0.1, -0.05) is 65.8 Å². The van der Waals surface area contributed by atoms with Gasteiger partial charge in [0.15, 0.2) is 5.78 Å². The Labute approximate surface area is 266 Å². The van der Waals surface area contributed by atoms with Gasteiger partial charge in [0.25, 0.3) is 0 Å². The minimum absolute atomic E-state index is 0.00390. The van der Waals surface area contributed by atoms with Gasteiger partial charge in [0.2, 0.25) is 8.32 Å². The van der Waals surface area contributed by atoms with Gasteiger partial charge in [-0.3, -0.25) is 9.59 Å². The normalized spacial score (nSPS) is 36.5. The highest BCUT2D eigenvalue weighted by atomic mass is 28.4. The van der Waals surface area contributed by atoms with E-state index in [4.69, 9.17) is 28.1 Å². The van der Waals surface area contributed by atoms with Crippen LogP contribution in [0.1, 0.15) is 107 Å². The first-order valence-electron chi connectivity index (χ1n) is 17.1. The molecule has 0 bridgehead atoms. The molecule has 4 rings (SSSR count). The van der Waals surface area contributed by atoms with Crippen LogP contribution in [0.4, 0.5) is 0 Å². The summed E-state index contributed by atoms with van der Waals surface area (Å²) >= 11 is 0. The van der Waals surface area contributed by atoms with Crippen molar-refractivity contribution >= 4 is 20.1 Å². The lowest BCUT2D eigenvalue weighted by molar-refractivity contribution is -0.233. The zero-order valence-corrected chi connectivity index (χ0v) is 29.6. The van der Waals surface area contributed by atoms with Gasteiger partial charge in [-0.25, -0.2) is 0 Å². The van der Waals surface area contributed by atoms with Gasteiger partial charge in [-0.15, -0.1) is 0 Å². The molecular formula is C35H58O8Si. The van der Waals surface area contributed by atoms with Crippen LogP contribution in [0.3, 0.4) is 0 Å². The summed E-state index contributed by atoms with van der Waals surface area (Å²) in [6, 6.07) is 0.